The third-order valence-electron chi connectivity index (χ3n) is 3.19. The number of benzene rings is 1. The van der Waals surface area contributed by atoms with Gasteiger partial charge in [-0.15, -0.1) is 0 Å². The predicted molar refractivity (Wildman–Crippen MR) is 55.8 cm³/mol. The van der Waals surface area contributed by atoms with E-state index >= 15 is 0 Å². The molecule has 2 rings (SSSR count). The number of halogens is 1. The summed E-state index contributed by atoms with van der Waals surface area (Å²) < 4.78 is 13.6. The minimum atomic E-state index is -0.0463. The summed E-state index contributed by atoms with van der Waals surface area (Å²) in [4.78, 5) is 0. The van der Waals surface area contributed by atoms with Crippen molar-refractivity contribution in [1.29, 1.82) is 0 Å². The molecule has 0 aromatic heterocycles. The summed E-state index contributed by atoms with van der Waals surface area (Å²) in [7, 11) is 1.94. The highest BCUT2D eigenvalue weighted by Crippen LogP contribution is 2.38. The van der Waals surface area contributed by atoms with Crippen LogP contribution in [0.25, 0.3) is 0 Å². The molecule has 0 radical (unpaired) electrons. The summed E-state index contributed by atoms with van der Waals surface area (Å²) in [6.07, 6.45) is 2.17. The quantitative estimate of drug-likeness (QED) is 0.723. The molecular weight excluding hydrogens is 177 g/mol. The molecule has 1 aliphatic rings. The minimum absolute atomic E-state index is 0.0463. The van der Waals surface area contributed by atoms with Gasteiger partial charge in [-0.2, -0.15) is 0 Å². The Labute approximate surface area is 84.3 Å². The van der Waals surface area contributed by atoms with E-state index in [4.69, 9.17) is 0 Å². The topological polar surface area (TPSA) is 12.0 Å². The zero-order valence-electron chi connectivity index (χ0n) is 8.68. The molecule has 0 saturated heterocycles. The van der Waals surface area contributed by atoms with Crippen molar-refractivity contribution in [1.82, 2.24) is 5.32 Å². The van der Waals surface area contributed by atoms with E-state index < -0.39 is 0 Å². The third kappa shape index (κ3) is 1.44. The van der Waals surface area contributed by atoms with Gasteiger partial charge in [-0.05, 0) is 43.0 Å². The second-order valence-electron chi connectivity index (χ2n) is 4.06. The van der Waals surface area contributed by atoms with E-state index in [0.29, 0.717) is 12.0 Å². The number of fused-ring (bicyclic) bond motifs is 1. The van der Waals surface area contributed by atoms with Crippen molar-refractivity contribution in [2.45, 2.75) is 31.7 Å². The van der Waals surface area contributed by atoms with Crippen molar-refractivity contribution in [2.75, 3.05) is 7.05 Å². The first-order chi connectivity index (χ1) is 6.74. The van der Waals surface area contributed by atoms with Crippen molar-refractivity contribution >= 4 is 0 Å². The van der Waals surface area contributed by atoms with E-state index in [2.05, 4.69) is 12.2 Å². The molecule has 1 aromatic rings. The summed E-state index contributed by atoms with van der Waals surface area (Å²) >= 11 is 0. The fourth-order valence-corrected chi connectivity index (χ4v) is 2.39. The van der Waals surface area contributed by atoms with Crippen LogP contribution < -0.4 is 5.32 Å². The molecule has 1 N–H and O–H groups in total. The lowest BCUT2D eigenvalue weighted by Gasteiger charge is -2.29. The molecule has 0 saturated carbocycles. The molecule has 2 atom stereocenters. The standard InChI is InChI=1S/C12H16FN/c1-8-6-7-11(14-2)9-4-3-5-10(13)12(8)9/h3-5,8,11,14H,6-7H2,1-2H3. The van der Waals surface area contributed by atoms with E-state index in [0.717, 1.165) is 24.0 Å². The van der Waals surface area contributed by atoms with E-state index in [-0.39, 0.29) is 5.82 Å². The summed E-state index contributed by atoms with van der Waals surface area (Å²) in [5.41, 5.74) is 2.06. The lowest BCUT2D eigenvalue weighted by atomic mass is 9.81. The number of rotatable bonds is 1. The third-order valence-corrected chi connectivity index (χ3v) is 3.19. The van der Waals surface area contributed by atoms with Gasteiger partial charge in [0.15, 0.2) is 0 Å². The van der Waals surface area contributed by atoms with E-state index in [9.17, 15) is 4.39 Å². The lowest BCUT2D eigenvalue weighted by Crippen LogP contribution is -2.23. The normalized spacial score (nSPS) is 25.9. The van der Waals surface area contributed by atoms with Crippen LogP contribution in [0, 0.1) is 5.82 Å². The summed E-state index contributed by atoms with van der Waals surface area (Å²) in [6, 6.07) is 5.73. The molecule has 1 aliphatic carbocycles. The van der Waals surface area contributed by atoms with E-state index in [1.807, 2.05) is 13.1 Å². The van der Waals surface area contributed by atoms with Gasteiger partial charge in [0.2, 0.25) is 0 Å². The Morgan fingerprint density at radius 3 is 2.86 bits per heavy atom. The molecule has 1 nitrogen and oxygen atoms in total. The Bertz CT molecular complexity index is 335. The number of hydrogen-bond donors (Lipinski definition) is 1. The average Bonchev–Trinajstić information content (AvgIpc) is 2.18. The maximum absolute atomic E-state index is 13.6. The van der Waals surface area contributed by atoms with Gasteiger partial charge in [0, 0.05) is 6.04 Å². The number of hydrogen-bond acceptors (Lipinski definition) is 1. The zero-order valence-corrected chi connectivity index (χ0v) is 8.68. The first-order valence-electron chi connectivity index (χ1n) is 5.19. The smallest absolute Gasteiger partial charge is 0.127 e. The highest BCUT2D eigenvalue weighted by atomic mass is 19.1. The predicted octanol–water partition coefficient (Wildman–Crippen LogP) is 2.98. The largest absolute Gasteiger partial charge is 0.313 e. The lowest BCUT2D eigenvalue weighted by molar-refractivity contribution is 0.442. The van der Waals surface area contributed by atoms with Crippen LogP contribution in [0.1, 0.15) is 42.9 Å². The Balaban J connectivity index is 2.50. The Morgan fingerprint density at radius 1 is 1.36 bits per heavy atom. The first kappa shape index (κ1) is 9.66. The number of nitrogens with one attached hydrogen (secondary N) is 1. The van der Waals surface area contributed by atoms with Crippen molar-refractivity contribution in [3.8, 4) is 0 Å². The highest BCUT2D eigenvalue weighted by molar-refractivity contribution is 5.36. The zero-order chi connectivity index (χ0) is 10.1. The molecule has 2 heteroatoms. The molecule has 14 heavy (non-hydrogen) atoms. The monoisotopic (exact) mass is 193 g/mol. The molecular formula is C12H16FN. The molecule has 0 bridgehead atoms. The second kappa shape index (κ2) is 3.70. The van der Waals surface area contributed by atoms with Crippen molar-refractivity contribution < 1.29 is 4.39 Å². The molecule has 1 aromatic carbocycles. The van der Waals surface area contributed by atoms with Crippen LogP contribution in [0.5, 0.6) is 0 Å². The molecule has 76 valence electrons. The molecule has 0 amide bonds. The summed E-state index contributed by atoms with van der Waals surface area (Å²) in [6.45, 7) is 2.10. The van der Waals surface area contributed by atoms with Gasteiger partial charge in [0.05, 0.1) is 0 Å². The molecule has 0 heterocycles. The van der Waals surface area contributed by atoms with Gasteiger partial charge in [0.25, 0.3) is 0 Å². The van der Waals surface area contributed by atoms with Gasteiger partial charge in [0.1, 0.15) is 5.82 Å². The van der Waals surface area contributed by atoms with E-state index in [1.54, 1.807) is 12.1 Å². The van der Waals surface area contributed by atoms with Crippen LogP contribution in [0.4, 0.5) is 4.39 Å². The molecule has 0 spiro atoms. The molecule has 0 fully saturated rings. The average molecular weight is 193 g/mol. The van der Waals surface area contributed by atoms with Crippen molar-refractivity contribution in [3.05, 3.63) is 35.1 Å². The van der Waals surface area contributed by atoms with Crippen LogP contribution in [-0.4, -0.2) is 7.05 Å². The van der Waals surface area contributed by atoms with E-state index in [1.165, 1.54) is 0 Å². The maximum Gasteiger partial charge on any atom is 0.127 e. The Morgan fingerprint density at radius 2 is 2.14 bits per heavy atom. The Kier molecular flexibility index (Phi) is 2.55. The Hall–Kier alpha value is -0.890. The van der Waals surface area contributed by atoms with Crippen LogP contribution in [0.2, 0.25) is 0 Å². The second-order valence-corrected chi connectivity index (χ2v) is 4.06. The highest BCUT2D eigenvalue weighted by Gasteiger charge is 2.25. The van der Waals surface area contributed by atoms with Gasteiger partial charge >= 0.3 is 0 Å². The van der Waals surface area contributed by atoms with Gasteiger partial charge < -0.3 is 5.32 Å². The fourth-order valence-electron chi connectivity index (χ4n) is 2.39. The van der Waals surface area contributed by atoms with Gasteiger partial charge in [-0.1, -0.05) is 19.1 Å². The summed E-state index contributed by atoms with van der Waals surface area (Å²) in [5, 5.41) is 3.24. The first-order valence-corrected chi connectivity index (χ1v) is 5.19. The van der Waals surface area contributed by atoms with Gasteiger partial charge in [-0.3, -0.25) is 0 Å². The van der Waals surface area contributed by atoms with Crippen LogP contribution in [0.3, 0.4) is 0 Å². The van der Waals surface area contributed by atoms with Crippen molar-refractivity contribution in [2.24, 2.45) is 0 Å². The van der Waals surface area contributed by atoms with Gasteiger partial charge in [-0.25, -0.2) is 4.39 Å². The van der Waals surface area contributed by atoms with Crippen LogP contribution >= 0.6 is 0 Å². The molecule has 2 unspecified atom stereocenters. The van der Waals surface area contributed by atoms with Crippen LogP contribution in [-0.2, 0) is 0 Å². The fraction of sp³-hybridized carbons (Fsp3) is 0.500. The SMILES string of the molecule is CNC1CCC(C)c2c(F)cccc21. The molecule has 0 aliphatic heterocycles. The van der Waals surface area contributed by atoms with Crippen molar-refractivity contribution in [3.63, 3.8) is 0 Å². The van der Waals surface area contributed by atoms with Crippen LogP contribution in [0.15, 0.2) is 18.2 Å². The maximum atomic E-state index is 13.6. The minimum Gasteiger partial charge on any atom is -0.313 e. The summed E-state index contributed by atoms with van der Waals surface area (Å²) in [5.74, 6) is 0.311.